The van der Waals surface area contributed by atoms with Gasteiger partial charge in [-0.1, -0.05) is 12.1 Å². The number of carbonyl (C=O) groups excluding carboxylic acids is 1. The van der Waals surface area contributed by atoms with E-state index in [9.17, 15) is 4.79 Å². The molecule has 0 aliphatic carbocycles. The van der Waals surface area contributed by atoms with E-state index in [1.165, 1.54) is 0 Å². The van der Waals surface area contributed by atoms with Crippen LogP contribution in [0.2, 0.25) is 0 Å². The summed E-state index contributed by atoms with van der Waals surface area (Å²) >= 11 is 0. The Balaban J connectivity index is 2.14. The van der Waals surface area contributed by atoms with Crippen molar-refractivity contribution in [2.24, 2.45) is 11.7 Å². The predicted molar refractivity (Wildman–Crippen MR) is 86.1 cm³/mol. The Morgan fingerprint density at radius 2 is 2.09 bits per heavy atom. The SMILES string of the molecule is COc1cccc([C@@H]2CN(C(=O)OC(C)(C)C)C[C@H]2CN)c1. The molecular formula is C17H26N2O3. The van der Waals surface area contributed by atoms with Crippen LogP contribution in [-0.4, -0.2) is 43.3 Å². The number of nitrogens with two attached hydrogens (primary N) is 1. The fourth-order valence-corrected chi connectivity index (χ4v) is 2.84. The van der Waals surface area contributed by atoms with Gasteiger partial charge in [0.2, 0.25) is 0 Å². The Morgan fingerprint density at radius 3 is 2.68 bits per heavy atom. The second-order valence-corrected chi connectivity index (χ2v) is 6.76. The highest BCUT2D eigenvalue weighted by Gasteiger charge is 2.37. The Labute approximate surface area is 132 Å². The second kappa shape index (κ2) is 6.57. The normalized spacial score (nSPS) is 21.8. The maximum absolute atomic E-state index is 12.3. The van der Waals surface area contributed by atoms with Crippen molar-refractivity contribution in [2.45, 2.75) is 32.3 Å². The molecule has 5 heteroatoms. The van der Waals surface area contributed by atoms with Gasteiger partial charge < -0.3 is 20.1 Å². The molecule has 2 atom stereocenters. The van der Waals surface area contributed by atoms with Crippen LogP contribution in [0.3, 0.4) is 0 Å². The van der Waals surface area contributed by atoms with Crippen LogP contribution in [0.5, 0.6) is 5.75 Å². The van der Waals surface area contributed by atoms with Crippen LogP contribution in [0.4, 0.5) is 4.79 Å². The lowest BCUT2D eigenvalue weighted by Gasteiger charge is -2.24. The number of rotatable bonds is 3. The van der Waals surface area contributed by atoms with Gasteiger partial charge >= 0.3 is 6.09 Å². The summed E-state index contributed by atoms with van der Waals surface area (Å²) in [6.45, 7) is 7.43. The van der Waals surface area contributed by atoms with Crippen molar-refractivity contribution in [2.75, 3.05) is 26.7 Å². The first-order chi connectivity index (χ1) is 10.3. The van der Waals surface area contributed by atoms with Crippen LogP contribution >= 0.6 is 0 Å². The van der Waals surface area contributed by atoms with E-state index < -0.39 is 5.60 Å². The Kier molecular flexibility index (Phi) is 4.96. The molecule has 1 aromatic rings. The van der Waals surface area contributed by atoms with Crippen molar-refractivity contribution in [3.8, 4) is 5.75 Å². The lowest BCUT2D eigenvalue weighted by Crippen LogP contribution is -2.35. The Hall–Kier alpha value is -1.75. The zero-order valence-corrected chi connectivity index (χ0v) is 13.8. The summed E-state index contributed by atoms with van der Waals surface area (Å²) in [5.74, 6) is 1.27. The molecule has 5 nitrogen and oxygen atoms in total. The molecule has 0 bridgehead atoms. The van der Waals surface area contributed by atoms with Crippen LogP contribution in [0.25, 0.3) is 0 Å². The number of benzene rings is 1. The molecule has 1 aliphatic heterocycles. The lowest BCUT2D eigenvalue weighted by atomic mass is 9.89. The summed E-state index contributed by atoms with van der Waals surface area (Å²) in [4.78, 5) is 14.0. The largest absolute Gasteiger partial charge is 0.497 e. The van der Waals surface area contributed by atoms with Gasteiger partial charge in [0.25, 0.3) is 0 Å². The highest BCUT2D eigenvalue weighted by atomic mass is 16.6. The smallest absolute Gasteiger partial charge is 0.410 e. The van der Waals surface area contributed by atoms with Gasteiger partial charge in [-0.15, -0.1) is 0 Å². The molecule has 0 saturated carbocycles. The van der Waals surface area contributed by atoms with Crippen LogP contribution in [0.15, 0.2) is 24.3 Å². The minimum absolute atomic E-state index is 0.215. The van der Waals surface area contributed by atoms with Crippen molar-refractivity contribution in [3.63, 3.8) is 0 Å². The van der Waals surface area contributed by atoms with Crippen LogP contribution < -0.4 is 10.5 Å². The van der Waals surface area contributed by atoms with Gasteiger partial charge in [-0.25, -0.2) is 4.79 Å². The summed E-state index contributed by atoms with van der Waals surface area (Å²) in [6, 6.07) is 7.97. The first kappa shape index (κ1) is 16.6. The standard InChI is InChI=1S/C17H26N2O3/c1-17(2,3)22-16(20)19-10-13(9-18)15(11-19)12-6-5-7-14(8-12)21-4/h5-8,13,15H,9-11,18H2,1-4H3/t13-,15+/m1/s1. The average molecular weight is 306 g/mol. The Bertz CT molecular complexity index is 525. The van der Waals surface area contributed by atoms with Gasteiger partial charge in [0.15, 0.2) is 0 Å². The fourth-order valence-electron chi connectivity index (χ4n) is 2.84. The van der Waals surface area contributed by atoms with E-state index in [1.807, 2.05) is 39.0 Å². The highest BCUT2D eigenvalue weighted by molar-refractivity contribution is 5.68. The van der Waals surface area contributed by atoms with E-state index in [-0.39, 0.29) is 17.9 Å². The molecule has 1 fully saturated rings. The summed E-state index contributed by atoms with van der Waals surface area (Å²) in [5, 5.41) is 0. The number of nitrogens with zero attached hydrogens (tertiary/aromatic N) is 1. The average Bonchev–Trinajstić information content (AvgIpc) is 2.90. The molecule has 1 aliphatic rings. The molecule has 22 heavy (non-hydrogen) atoms. The molecule has 1 heterocycles. The van der Waals surface area contributed by atoms with E-state index in [4.69, 9.17) is 15.2 Å². The van der Waals surface area contributed by atoms with Gasteiger partial charge in [0, 0.05) is 19.0 Å². The quantitative estimate of drug-likeness (QED) is 0.932. The van der Waals surface area contributed by atoms with Crippen LogP contribution in [0, 0.1) is 5.92 Å². The molecule has 1 aromatic carbocycles. The maximum Gasteiger partial charge on any atom is 0.410 e. The van der Waals surface area contributed by atoms with Gasteiger partial charge in [0.1, 0.15) is 11.4 Å². The van der Waals surface area contributed by atoms with E-state index in [2.05, 4.69) is 6.07 Å². The van der Waals surface area contributed by atoms with Crippen molar-refractivity contribution < 1.29 is 14.3 Å². The monoisotopic (exact) mass is 306 g/mol. The van der Waals surface area contributed by atoms with Gasteiger partial charge in [0.05, 0.1) is 7.11 Å². The number of amides is 1. The molecule has 122 valence electrons. The fraction of sp³-hybridized carbons (Fsp3) is 0.588. The third-order valence-corrected chi connectivity index (χ3v) is 3.92. The van der Waals surface area contributed by atoms with Crippen LogP contribution in [0.1, 0.15) is 32.3 Å². The van der Waals surface area contributed by atoms with Gasteiger partial charge in [-0.2, -0.15) is 0 Å². The molecule has 0 spiro atoms. The Morgan fingerprint density at radius 1 is 1.36 bits per heavy atom. The van der Waals surface area contributed by atoms with Crippen molar-refractivity contribution >= 4 is 6.09 Å². The van der Waals surface area contributed by atoms with E-state index in [0.29, 0.717) is 19.6 Å². The topological polar surface area (TPSA) is 64.8 Å². The molecule has 0 aromatic heterocycles. The number of hydrogen-bond acceptors (Lipinski definition) is 4. The van der Waals surface area contributed by atoms with Crippen LogP contribution in [-0.2, 0) is 4.74 Å². The number of ether oxygens (including phenoxy) is 2. The maximum atomic E-state index is 12.3. The minimum atomic E-state index is -0.483. The zero-order valence-electron chi connectivity index (χ0n) is 13.8. The van der Waals surface area contributed by atoms with E-state index in [1.54, 1.807) is 12.0 Å². The summed E-state index contributed by atoms with van der Waals surface area (Å²) in [5.41, 5.74) is 6.58. The summed E-state index contributed by atoms with van der Waals surface area (Å²) < 4.78 is 10.8. The first-order valence-corrected chi connectivity index (χ1v) is 7.66. The molecule has 0 radical (unpaired) electrons. The van der Waals surface area contributed by atoms with Crippen molar-refractivity contribution in [3.05, 3.63) is 29.8 Å². The predicted octanol–water partition coefficient (Wildman–Crippen LogP) is 2.60. The number of hydrogen-bond donors (Lipinski definition) is 1. The molecular weight excluding hydrogens is 280 g/mol. The van der Waals surface area contributed by atoms with Crippen molar-refractivity contribution in [1.29, 1.82) is 0 Å². The molecule has 1 saturated heterocycles. The summed E-state index contributed by atoms with van der Waals surface area (Å²) in [6.07, 6.45) is -0.267. The van der Waals surface area contributed by atoms with Gasteiger partial charge in [-0.3, -0.25) is 0 Å². The van der Waals surface area contributed by atoms with E-state index >= 15 is 0 Å². The van der Waals surface area contributed by atoms with E-state index in [0.717, 1.165) is 11.3 Å². The molecule has 0 unspecified atom stereocenters. The minimum Gasteiger partial charge on any atom is -0.497 e. The first-order valence-electron chi connectivity index (χ1n) is 7.66. The second-order valence-electron chi connectivity index (χ2n) is 6.76. The number of carbonyl (C=O) groups is 1. The zero-order chi connectivity index (χ0) is 16.3. The molecule has 1 amide bonds. The number of methoxy groups -OCH3 is 1. The molecule has 2 N–H and O–H groups in total. The summed E-state index contributed by atoms with van der Waals surface area (Å²) in [7, 11) is 1.65. The van der Waals surface area contributed by atoms with Crippen molar-refractivity contribution in [1.82, 2.24) is 4.90 Å². The molecule has 2 rings (SSSR count). The third kappa shape index (κ3) is 3.91. The number of likely N-dealkylation sites (tertiary alicyclic amines) is 1. The highest BCUT2D eigenvalue weighted by Crippen LogP contribution is 2.34. The van der Waals surface area contributed by atoms with Gasteiger partial charge in [-0.05, 0) is 50.9 Å². The third-order valence-electron chi connectivity index (χ3n) is 3.92. The lowest BCUT2D eigenvalue weighted by molar-refractivity contribution is 0.0287.